The molecule has 1 fully saturated rings. The molecule has 0 amide bonds. The van der Waals surface area contributed by atoms with E-state index >= 15 is 0 Å². The lowest BCUT2D eigenvalue weighted by molar-refractivity contribution is -0.143. The Balaban J connectivity index is 0.00000261. The molecule has 0 aliphatic carbocycles. The summed E-state index contributed by atoms with van der Waals surface area (Å²) in [6.45, 7) is 1.52. The molecule has 4 nitrogen and oxygen atoms in total. The van der Waals surface area contributed by atoms with Crippen LogP contribution in [0.25, 0.3) is 11.1 Å². The summed E-state index contributed by atoms with van der Waals surface area (Å²) in [5, 5.41) is 12.7. The number of carboxylic acids is 1. The summed E-state index contributed by atoms with van der Waals surface area (Å²) < 4.78 is 37.9. The minimum absolute atomic E-state index is 0. The number of aliphatic carboxylic acids is 1. The molecule has 1 aliphatic heterocycles. The van der Waals surface area contributed by atoms with Crippen LogP contribution in [0.4, 0.5) is 13.2 Å². The monoisotopic (exact) mass is 400 g/mol. The molecular weight excluding hydrogens is 381 g/mol. The van der Waals surface area contributed by atoms with Crippen LogP contribution in [0.15, 0.2) is 42.6 Å². The summed E-state index contributed by atoms with van der Waals surface area (Å²) in [6.07, 6.45) is -2.05. The number of rotatable bonds is 5. The fraction of sp³-hybridized carbons (Fsp3) is 0.368. The van der Waals surface area contributed by atoms with Crippen LogP contribution in [0, 0.1) is 11.8 Å². The van der Waals surface area contributed by atoms with Crippen molar-refractivity contribution >= 4 is 18.4 Å². The molecule has 146 valence electrons. The Morgan fingerprint density at radius 3 is 2.59 bits per heavy atom. The van der Waals surface area contributed by atoms with Gasteiger partial charge in [0.05, 0.1) is 5.92 Å². The third kappa shape index (κ3) is 5.20. The number of hydrogen-bond donors (Lipinski definition) is 2. The predicted molar refractivity (Wildman–Crippen MR) is 97.7 cm³/mol. The first-order valence-corrected chi connectivity index (χ1v) is 8.40. The molecule has 3 rings (SSSR count). The second-order valence-corrected chi connectivity index (χ2v) is 6.53. The van der Waals surface area contributed by atoms with Crippen LogP contribution in [0.3, 0.4) is 0 Å². The molecule has 2 atom stereocenters. The molecule has 1 saturated heterocycles. The van der Waals surface area contributed by atoms with Crippen LogP contribution in [0.2, 0.25) is 0 Å². The average Bonchev–Trinajstić information content (AvgIpc) is 3.13. The maximum Gasteiger partial charge on any atom is 0.433 e. The largest absolute Gasteiger partial charge is 0.481 e. The van der Waals surface area contributed by atoms with Crippen LogP contribution < -0.4 is 5.32 Å². The van der Waals surface area contributed by atoms with Crippen molar-refractivity contribution in [3.05, 3.63) is 53.9 Å². The lowest BCUT2D eigenvalue weighted by atomic mass is 9.85. The van der Waals surface area contributed by atoms with Crippen LogP contribution in [-0.2, 0) is 17.4 Å². The standard InChI is InChI=1S/C19H19F3N2O2.ClH/c20-19(21,22)17-5-4-14(11-24-17)13-3-1-2-12(8-13)9-16(18(25)26)15-6-7-23-10-15;/h1-5,8,11,15-16,23H,6-7,9-10H2,(H,25,26);1H/t15-,16-;/m0./s1. The van der Waals surface area contributed by atoms with Gasteiger partial charge >= 0.3 is 12.1 Å². The Morgan fingerprint density at radius 2 is 2.04 bits per heavy atom. The molecule has 1 aromatic heterocycles. The number of carbonyl (C=O) groups is 1. The highest BCUT2D eigenvalue weighted by Crippen LogP contribution is 2.30. The Hall–Kier alpha value is -2.12. The molecule has 2 heterocycles. The summed E-state index contributed by atoms with van der Waals surface area (Å²) in [5.74, 6) is -1.21. The van der Waals surface area contributed by atoms with Gasteiger partial charge in [0.15, 0.2) is 0 Å². The van der Waals surface area contributed by atoms with Gasteiger partial charge in [0.25, 0.3) is 0 Å². The van der Waals surface area contributed by atoms with E-state index in [1.807, 2.05) is 12.1 Å². The van der Waals surface area contributed by atoms with Crippen LogP contribution in [-0.4, -0.2) is 29.1 Å². The van der Waals surface area contributed by atoms with Gasteiger partial charge in [0, 0.05) is 11.8 Å². The number of hydrogen-bond acceptors (Lipinski definition) is 3. The van der Waals surface area contributed by atoms with E-state index in [1.54, 1.807) is 12.1 Å². The third-order valence-corrected chi connectivity index (χ3v) is 4.75. The van der Waals surface area contributed by atoms with Crippen molar-refractivity contribution in [2.24, 2.45) is 11.8 Å². The number of alkyl halides is 3. The fourth-order valence-electron chi connectivity index (χ4n) is 3.34. The molecule has 0 radical (unpaired) electrons. The average molecular weight is 401 g/mol. The number of aromatic nitrogens is 1. The van der Waals surface area contributed by atoms with Crippen LogP contribution in [0.5, 0.6) is 0 Å². The summed E-state index contributed by atoms with van der Waals surface area (Å²) in [7, 11) is 0. The number of halogens is 4. The van der Waals surface area contributed by atoms with Gasteiger partial charge in [0.2, 0.25) is 0 Å². The number of benzene rings is 1. The maximum absolute atomic E-state index is 12.6. The van der Waals surface area contributed by atoms with Crippen molar-refractivity contribution in [3.63, 3.8) is 0 Å². The van der Waals surface area contributed by atoms with E-state index in [1.165, 1.54) is 12.3 Å². The first-order valence-electron chi connectivity index (χ1n) is 8.40. The SMILES string of the molecule is Cl.O=C(O)[C@@H](Cc1cccc(-c2ccc(C(F)(F)F)nc2)c1)[C@H]1CCNC1. The van der Waals surface area contributed by atoms with Crippen molar-refractivity contribution in [1.29, 1.82) is 0 Å². The Labute approximate surface area is 161 Å². The van der Waals surface area contributed by atoms with Gasteiger partial charge in [0.1, 0.15) is 5.69 Å². The van der Waals surface area contributed by atoms with Crippen molar-refractivity contribution in [2.45, 2.75) is 19.0 Å². The van der Waals surface area contributed by atoms with Crippen LogP contribution in [0.1, 0.15) is 17.7 Å². The topological polar surface area (TPSA) is 62.2 Å². The van der Waals surface area contributed by atoms with Crippen molar-refractivity contribution in [2.75, 3.05) is 13.1 Å². The first kappa shape index (κ1) is 21.2. The molecule has 1 aliphatic rings. The highest BCUT2D eigenvalue weighted by molar-refractivity contribution is 5.85. The van der Waals surface area contributed by atoms with E-state index in [-0.39, 0.29) is 18.3 Å². The van der Waals surface area contributed by atoms with Crippen molar-refractivity contribution < 1.29 is 23.1 Å². The molecule has 27 heavy (non-hydrogen) atoms. The van der Waals surface area contributed by atoms with Gasteiger partial charge in [-0.25, -0.2) is 0 Å². The third-order valence-electron chi connectivity index (χ3n) is 4.75. The first-order chi connectivity index (χ1) is 12.3. The number of nitrogens with one attached hydrogen (secondary N) is 1. The van der Waals surface area contributed by atoms with E-state index < -0.39 is 23.8 Å². The summed E-state index contributed by atoms with van der Waals surface area (Å²) in [6, 6.07) is 9.56. The van der Waals surface area contributed by atoms with E-state index in [2.05, 4.69) is 10.3 Å². The maximum atomic E-state index is 12.6. The fourth-order valence-corrected chi connectivity index (χ4v) is 3.34. The van der Waals surface area contributed by atoms with E-state index in [9.17, 15) is 23.1 Å². The minimum Gasteiger partial charge on any atom is -0.481 e. The second kappa shape index (κ2) is 8.71. The smallest absolute Gasteiger partial charge is 0.433 e. The van der Waals surface area contributed by atoms with Gasteiger partial charge in [-0.05, 0) is 49.0 Å². The molecule has 2 aromatic rings. The predicted octanol–water partition coefficient (Wildman–Crippen LogP) is 4.04. The molecule has 0 saturated carbocycles. The molecule has 8 heteroatoms. The van der Waals surface area contributed by atoms with Gasteiger partial charge in [-0.1, -0.05) is 30.3 Å². The molecule has 2 N–H and O–H groups in total. The van der Waals surface area contributed by atoms with Gasteiger partial charge < -0.3 is 10.4 Å². The minimum atomic E-state index is -4.47. The molecule has 0 unspecified atom stereocenters. The number of nitrogens with zero attached hydrogens (tertiary/aromatic N) is 1. The molecule has 1 aromatic carbocycles. The lowest BCUT2D eigenvalue weighted by Gasteiger charge is -2.19. The van der Waals surface area contributed by atoms with E-state index in [0.29, 0.717) is 18.5 Å². The zero-order valence-corrected chi connectivity index (χ0v) is 15.2. The molecule has 0 spiro atoms. The zero-order chi connectivity index (χ0) is 18.7. The Bertz CT molecular complexity index is 775. The van der Waals surface area contributed by atoms with Gasteiger partial charge in [-0.15, -0.1) is 12.4 Å². The number of carboxylic acid groups (broad SMARTS) is 1. The van der Waals surface area contributed by atoms with E-state index in [0.717, 1.165) is 30.2 Å². The zero-order valence-electron chi connectivity index (χ0n) is 14.4. The van der Waals surface area contributed by atoms with Crippen molar-refractivity contribution in [1.82, 2.24) is 10.3 Å². The normalized spacial score (nSPS) is 18.0. The van der Waals surface area contributed by atoms with Gasteiger partial charge in [-0.2, -0.15) is 13.2 Å². The quantitative estimate of drug-likeness (QED) is 0.795. The molecule has 0 bridgehead atoms. The highest BCUT2D eigenvalue weighted by Gasteiger charge is 2.32. The number of pyridine rings is 1. The second-order valence-electron chi connectivity index (χ2n) is 6.53. The highest BCUT2D eigenvalue weighted by atomic mass is 35.5. The molecular formula is C19H20ClF3N2O2. The Kier molecular flexibility index (Phi) is 6.84. The Morgan fingerprint density at radius 1 is 1.26 bits per heavy atom. The summed E-state index contributed by atoms with van der Waals surface area (Å²) >= 11 is 0. The lowest BCUT2D eigenvalue weighted by Crippen LogP contribution is -2.27. The van der Waals surface area contributed by atoms with E-state index in [4.69, 9.17) is 0 Å². The summed E-state index contributed by atoms with van der Waals surface area (Å²) in [5.41, 5.74) is 1.20. The van der Waals surface area contributed by atoms with Crippen molar-refractivity contribution in [3.8, 4) is 11.1 Å². The summed E-state index contributed by atoms with van der Waals surface area (Å²) in [4.78, 5) is 15.1. The van der Waals surface area contributed by atoms with Crippen LogP contribution >= 0.6 is 12.4 Å². The van der Waals surface area contributed by atoms with Gasteiger partial charge in [-0.3, -0.25) is 9.78 Å².